The van der Waals surface area contributed by atoms with Gasteiger partial charge in [0, 0.05) is 56.9 Å². The minimum absolute atomic E-state index is 0.158. The van der Waals surface area contributed by atoms with E-state index in [9.17, 15) is 10.1 Å². The van der Waals surface area contributed by atoms with Gasteiger partial charge in [0.1, 0.15) is 11.9 Å². The summed E-state index contributed by atoms with van der Waals surface area (Å²) in [6.45, 7) is 11.2. The molecule has 0 spiro atoms. The lowest BCUT2D eigenvalue weighted by atomic mass is 9.88. The van der Waals surface area contributed by atoms with Gasteiger partial charge in [0.25, 0.3) is 0 Å². The SMILES string of the molecule is Cc1nc(N2CCN(C(=O)N3CCCC3)CC2)c(C#N)c2c1COC(C)(C)C2. The smallest absolute Gasteiger partial charge is 0.320 e. The summed E-state index contributed by atoms with van der Waals surface area (Å²) in [5.41, 5.74) is 3.48. The summed E-state index contributed by atoms with van der Waals surface area (Å²) in [5.74, 6) is 0.768. The van der Waals surface area contributed by atoms with Crippen LogP contribution in [0, 0.1) is 18.3 Å². The standard InChI is InChI=1S/C21H29N5O2/c1-15-18-14-28-21(2,3)12-16(18)17(13-22)19(23-15)24-8-10-26(11-9-24)20(27)25-6-4-5-7-25/h4-12,14H2,1-3H3. The number of ether oxygens (including phenoxy) is 1. The minimum Gasteiger partial charge on any atom is -0.370 e. The van der Waals surface area contributed by atoms with E-state index in [0.29, 0.717) is 38.3 Å². The molecular formula is C21H29N5O2. The first-order valence-electron chi connectivity index (χ1n) is 10.2. The largest absolute Gasteiger partial charge is 0.370 e. The van der Waals surface area contributed by atoms with Crippen LogP contribution in [0.5, 0.6) is 0 Å². The first-order chi connectivity index (χ1) is 13.4. The molecule has 7 heteroatoms. The first kappa shape index (κ1) is 19.0. The lowest BCUT2D eigenvalue weighted by Gasteiger charge is -2.39. The summed E-state index contributed by atoms with van der Waals surface area (Å²) in [5, 5.41) is 9.92. The van der Waals surface area contributed by atoms with Gasteiger partial charge in [-0.3, -0.25) is 0 Å². The molecule has 3 aliphatic rings. The fourth-order valence-corrected chi connectivity index (χ4v) is 4.48. The zero-order valence-corrected chi connectivity index (χ0v) is 17.1. The molecule has 2 amide bonds. The Kier molecular flexibility index (Phi) is 4.92. The lowest BCUT2D eigenvalue weighted by Crippen LogP contribution is -2.52. The monoisotopic (exact) mass is 383 g/mol. The predicted octanol–water partition coefficient (Wildman–Crippen LogP) is 2.45. The molecule has 0 atom stereocenters. The van der Waals surface area contributed by atoms with Crippen molar-refractivity contribution in [2.75, 3.05) is 44.2 Å². The van der Waals surface area contributed by atoms with Crippen LogP contribution in [0.3, 0.4) is 0 Å². The Balaban J connectivity index is 1.55. The molecule has 0 aromatic carbocycles. The van der Waals surface area contributed by atoms with E-state index in [2.05, 4.69) is 24.8 Å². The van der Waals surface area contributed by atoms with E-state index < -0.39 is 0 Å². The van der Waals surface area contributed by atoms with E-state index >= 15 is 0 Å². The van der Waals surface area contributed by atoms with Crippen molar-refractivity contribution in [2.45, 2.75) is 52.2 Å². The van der Waals surface area contributed by atoms with Crippen molar-refractivity contribution >= 4 is 11.8 Å². The van der Waals surface area contributed by atoms with Gasteiger partial charge in [-0.1, -0.05) is 0 Å². The number of carbonyl (C=O) groups is 1. The summed E-state index contributed by atoms with van der Waals surface area (Å²) < 4.78 is 5.93. The molecule has 1 aromatic rings. The van der Waals surface area contributed by atoms with E-state index in [0.717, 1.165) is 55.0 Å². The highest BCUT2D eigenvalue weighted by atomic mass is 16.5. The average Bonchev–Trinajstić information content (AvgIpc) is 3.21. The third-order valence-corrected chi connectivity index (χ3v) is 6.15. The van der Waals surface area contributed by atoms with Crippen molar-refractivity contribution in [2.24, 2.45) is 0 Å². The number of amides is 2. The number of anilines is 1. The van der Waals surface area contributed by atoms with Crippen molar-refractivity contribution < 1.29 is 9.53 Å². The molecule has 3 aliphatic heterocycles. The molecule has 2 saturated heterocycles. The second kappa shape index (κ2) is 7.25. The van der Waals surface area contributed by atoms with Crippen LogP contribution in [0.25, 0.3) is 0 Å². The van der Waals surface area contributed by atoms with Crippen molar-refractivity contribution in [3.8, 4) is 6.07 Å². The molecule has 0 bridgehead atoms. The normalized spacial score (nSPS) is 21.4. The highest BCUT2D eigenvalue weighted by molar-refractivity contribution is 5.75. The zero-order chi connectivity index (χ0) is 19.9. The number of nitriles is 1. The summed E-state index contributed by atoms with van der Waals surface area (Å²) in [7, 11) is 0. The van der Waals surface area contributed by atoms with Crippen molar-refractivity contribution in [3.63, 3.8) is 0 Å². The third-order valence-electron chi connectivity index (χ3n) is 6.15. The first-order valence-corrected chi connectivity index (χ1v) is 10.2. The number of carbonyl (C=O) groups excluding carboxylic acids is 1. The van der Waals surface area contributed by atoms with Crippen molar-refractivity contribution in [1.82, 2.24) is 14.8 Å². The van der Waals surface area contributed by atoms with Crippen LogP contribution in [0.1, 0.15) is 49.1 Å². The maximum atomic E-state index is 12.6. The number of rotatable bonds is 1. The second-order valence-electron chi connectivity index (χ2n) is 8.64. The van der Waals surface area contributed by atoms with Crippen LogP contribution in [-0.4, -0.2) is 65.7 Å². The molecule has 0 N–H and O–H groups in total. The Bertz CT molecular complexity index is 815. The number of piperazine rings is 1. The number of aryl methyl sites for hydroxylation is 1. The Morgan fingerprint density at radius 3 is 2.36 bits per heavy atom. The molecule has 28 heavy (non-hydrogen) atoms. The van der Waals surface area contributed by atoms with Gasteiger partial charge in [0.15, 0.2) is 0 Å². The number of urea groups is 1. The number of nitrogens with zero attached hydrogens (tertiary/aromatic N) is 5. The highest BCUT2D eigenvalue weighted by Crippen LogP contribution is 2.35. The average molecular weight is 383 g/mol. The van der Waals surface area contributed by atoms with Crippen LogP contribution in [0.4, 0.5) is 10.6 Å². The van der Waals surface area contributed by atoms with Crippen LogP contribution in [0.15, 0.2) is 0 Å². The molecule has 2 fully saturated rings. The number of aromatic nitrogens is 1. The van der Waals surface area contributed by atoms with Crippen molar-refractivity contribution in [1.29, 1.82) is 5.26 Å². The fourth-order valence-electron chi connectivity index (χ4n) is 4.48. The molecule has 150 valence electrons. The maximum absolute atomic E-state index is 12.6. The number of fused-ring (bicyclic) bond motifs is 1. The van der Waals surface area contributed by atoms with Gasteiger partial charge in [-0.25, -0.2) is 9.78 Å². The van der Waals surface area contributed by atoms with E-state index in [1.54, 1.807) is 0 Å². The van der Waals surface area contributed by atoms with Crippen molar-refractivity contribution in [3.05, 3.63) is 22.4 Å². The van der Waals surface area contributed by atoms with E-state index in [1.807, 2.05) is 16.7 Å². The molecule has 0 radical (unpaired) electrons. The Labute approximate surface area is 166 Å². The van der Waals surface area contributed by atoms with Gasteiger partial charge in [0.05, 0.1) is 17.8 Å². The summed E-state index contributed by atoms with van der Waals surface area (Å²) in [6.07, 6.45) is 2.93. The van der Waals surface area contributed by atoms with Crippen LogP contribution >= 0.6 is 0 Å². The lowest BCUT2D eigenvalue weighted by molar-refractivity contribution is -0.0405. The molecule has 0 aliphatic carbocycles. The molecular weight excluding hydrogens is 354 g/mol. The Morgan fingerprint density at radius 2 is 1.71 bits per heavy atom. The van der Waals surface area contributed by atoms with Crippen LogP contribution in [-0.2, 0) is 17.8 Å². The molecule has 1 aromatic heterocycles. The number of hydrogen-bond acceptors (Lipinski definition) is 5. The predicted molar refractivity (Wildman–Crippen MR) is 106 cm³/mol. The molecule has 4 rings (SSSR count). The molecule has 0 saturated carbocycles. The van der Waals surface area contributed by atoms with Gasteiger partial charge < -0.3 is 19.4 Å². The van der Waals surface area contributed by atoms with Crippen LogP contribution in [0.2, 0.25) is 0 Å². The fraction of sp³-hybridized carbons (Fsp3) is 0.667. The molecule has 0 unspecified atom stereocenters. The summed E-state index contributed by atoms with van der Waals surface area (Å²) in [6, 6.07) is 2.57. The minimum atomic E-state index is -0.273. The third kappa shape index (κ3) is 3.42. The summed E-state index contributed by atoms with van der Waals surface area (Å²) in [4.78, 5) is 23.5. The van der Waals surface area contributed by atoms with Crippen LogP contribution < -0.4 is 4.90 Å². The van der Waals surface area contributed by atoms with E-state index in [4.69, 9.17) is 9.72 Å². The number of pyridine rings is 1. The topological polar surface area (TPSA) is 72.7 Å². The van der Waals surface area contributed by atoms with Gasteiger partial charge in [-0.15, -0.1) is 0 Å². The summed E-state index contributed by atoms with van der Waals surface area (Å²) >= 11 is 0. The van der Waals surface area contributed by atoms with E-state index in [1.165, 1.54) is 0 Å². The second-order valence-corrected chi connectivity index (χ2v) is 8.64. The molecule has 4 heterocycles. The quantitative estimate of drug-likeness (QED) is 0.745. The maximum Gasteiger partial charge on any atom is 0.320 e. The number of hydrogen-bond donors (Lipinski definition) is 0. The number of likely N-dealkylation sites (tertiary alicyclic amines) is 1. The Hall–Kier alpha value is -2.33. The van der Waals surface area contributed by atoms with E-state index in [-0.39, 0.29) is 11.6 Å². The molecule has 7 nitrogen and oxygen atoms in total. The van der Waals surface area contributed by atoms with Gasteiger partial charge in [-0.2, -0.15) is 5.26 Å². The van der Waals surface area contributed by atoms with Gasteiger partial charge >= 0.3 is 6.03 Å². The van der Waals surface area contributed by atoms with Gasteiger partial charge in [-0.05, 0) is 39.2 Å². The zero-order valence-electron chi connectivity index (χ0n) is 17.1. The Morgan fingerprint density at radius 1 is 1.07 bits per heavy atom. The van der Waals surface area contributed by atoms with Gasteiger partial charge in [0.2, 0.25) is 0 Å². The highest BCUT2D eigenvalue weighted by Gasteiger charge is 2.33.